The number of phenolic OH excluding ortho intramolecular Hbond substituents is 1. The largest absolute Gasteiger partial charge is 0.507 e. The predicted octanol–water partition coefficient (Wildman–Crippen LogP) is 2.56. The molecule has 0 aliphatic rings. The first-order chi connectivity index (χ1) is 7.66. The summed E-state index contributed by atoms with van der Waals surface area (Å²) in [6, 6.07) is 2.53. The minimum atomic E-state index is -0.740. The second kappa shape index (κ2) is 5.99. The number of benzene rings is 1. The van der Waals surface area contributed by atoms with Crippen LogP contribution in [0.1, 0.15) is 12.5 Å². The van der Waals surface area contributed by atoms with E-state index in [1.807, 2.05) is 0 Å². The van der Waals surface area contributed by atoms with Crippen LogP contribution in [0.25, 0.3) is 0 Å². The van der Waals surface area contributed by atoms with Crippen LogP contribution in [0, 0.1) is 17.7 Å². The number of hydrogen-bond donors (Lipinski definition) is 1. The molecule has 0 bridgehead atoms. The number of rotatable bonds is 3. The molecule has 0 amide bonds. The van der Waals surface area contributed by atoms with Crippen molar-refractivity contribution >= 4 is 17.8 Å². The summed E-state index contributed by atoms with van der Waals surface area (Å²) in [5.41, 5.74) is -0.114. The molecule has 0 spiro atoms. The Morgan fingerprint density at radius 3 is 3.06 bits per heavy atom. The second-order valence-corrected chi connectivity index (χ2v) is 3.14. The lowest BCUT2D eigenvalue weighted by atomic mass is 10.2. The maximum atomic E-state index is 13.4. The summed E-state index contributed by atoms with van der Waals surface area (Å²) < 4.78 is 13.4. The molecule has 16 heavy (non-hydrogen) atoms. The van der Waals surface area contributed by atoms with E-state index in [4.69, 9.17) is 16.4 Å². The lowest BCUT2D eigenvalue weighted by molar-refractivity contribution is 0.181. The number of hydrogen-bond acceptors (Lipinski definition) is 3. The first kappa shape index (κ1) is 12.3. The fourth-order valence-corrected chi connectivity index (χ4v) is 1.08. The molecule has 0 aliphatic carbocycles. The average molecular weight is 242 g/mol. The molecule has 3 nitrogen and oxygen atoms in total. The van der Waals surface area contributed by atoms with Crippen LogP contribution < -0.4 is 0 Å². The van der Waals surface area contributed by atoms with Gasteiger partial charge in [-0.25, -0.2) is 4.39 Å². The zero-order valence-electron chi connectivity index (χ0n) is 8.50. The third-order valence-corrected chi connectivity index (χ3v) is 1.97. The lowest BCUT2D eigenvalue weighted by Crippen LogP contribution is -1.92. The highest BCUT2D eigenvalue weighted by molar-refractivity contribution is 6.31. The van der Waals surface area contributed by atoms with Gasteiger partial charge in [-0.05, 0) is 19.1 Å². The molecule has 0 aliphatic heterocycles. The Kier molecular flexibility index (Phi) is 4.62. The fraction of sp³-hybridized carbons (Fsp3) is 0.182. The zero-order valence-corrected chi connectivity index (χ0v) is 9.25. The van der Waals surface area contributed by atoms with Crippen LogP contribution in [-0.2, 0) is 4.84 Å². The number of halogens is 2. The molecule has 0 saturated heterocycles. The summed E-state index contributed by atoms with van der Waals surface area (Å²) in [5, 5.41) is 12.7. The molecule has 0 unspecified atom stereocenters. The maximum absolute atomic E-state index is 13.4. The Morgan fingerprint density at radius 1 is 1.62 bits per heavy atom. The van der Waals surface area contributed by atoms with Crippen molar-refractivity contribution in [3.8, 4) is 17.6 Å². The van der Waals surface area contributed by atoms with Gasteiger partial charge in [-0.3, -0.25) is 0 Å². The average Bonchev–Trinajstić information content (AvgIpc) is 2.28. The van der Waals surface area contributed by atoms with Crippen LogP contribution in [-0.4, -0.2) is 17.9 Å². The van der Waals surface area contributed by atoms with Gasteiger partial charge in [0.15, 0.2) is 12.4 Å². The van der Waals surface area contributed by atoms with Gasteiger partial charge in [0.1, 0.15) is 5.75 Å². The molecular formula is C11H9ClFNO2. The molecule has 0 radical (unpaired) electrons. The van der Waals surface area contributed by atoms with Crippen LogP contribution in [0.3, 0.4) is 0 Å². The maximum Gasteiger partial charge on any atom is 0.177 e. The summed E-state index contributed by atoms with van der Waals surface area (Å²) in [6.07, 6.45) is 1.05. The van der Waals surface area contributed by atoms with Crippen molar-refractivity contribution in [3.63, 3.8) is 0 Å². The lowest BCUT2D eigenvalue weighted by Gasteiger charge is -2.01. The Balaban J connectivity index is 2.79. The van der Waals surface area contributed by atoms with Crippen molar-refractivity contribution in [2.24, 2.45) is 5.16 Å². The normalized spacial score (nSPS) is 9.94. The summed E-state index contributed by atoms with van der Waals surface area (Å²) in [7, 11) is 0. The minimum absolute atomic E-state index is 0.0902. The number of aromatic hydroxyl groups is 1. The molecule has 5 heteroatoms. The van der Waals surface area contributed by atoms with Crippen LogP contribution in [0.5, 0.6) is 5.75 Å². The fourth-order valence-electron chi connectivity index (χ4n) is 0.911. The van der Waals surface area contributed by atoms with Gasteiger partial charge in [-0.1, -0.05) is 22.7 Å². The topological polar surface area (TPSA) is 41.8 Å². The number of phenols is 1. The Labute approximate surface area is 97.5 Å². The van der Waals surface area contributed by atoms with E-state index in [2.05, 4.69) is 17.0 Å². The van der Waals surface area contributed by atoms with Crippen molar-refractivity contribution < 1.29 is 14.3 Å². The first-order valence-electron chi connectivity index (χ1n) is 4.38. The number of nitrogens with zero attached hydrogens (tertiary/aromatic N) is 1. The van der Waals surface area contributed by atoms with E-state index in [0.29, 0.717) is 0 Å². The summed E-state index contributed by atoms with van der Waals surface area (Å²) in [4.78, 5) is 4.70. The van der Waals surface area contributed by atoms with Crippen molar-refractivity contribution in [2.45, 2.75) is 6.92 Å². The summed E-state index contributed by atoms with van der Waals surface area (Å²) >= 11 is 5.54. The monoisotopic (exact) mass is 241 g/mol. The summed E-state index contributed by atoms with van der Waals surface area (Å²) in [6.45, 7) is 1.77. The Morgan fingerprint density at radius 2 is 2.38 bits per heavy atom. The van der Waals surface area contributed by atoms with Gasteiger partial charge in [-0.2, -0.15) is 0 Å². The second-order valence-electron chi connectivity index (χ2n) is 2.73. The smallest absolute Gasteiger partial charge is 0.177 e. The van der Waals surface area contributed by atoms with Gasteiger partial charge in [-0.15, -0.1) is 5.92 Å². The molecule has 0 fully saturated rings. The van der Waals surface area contributed by atoms with Crippen molar-refractivity contribution in [1.29, 1.82) is 0 Å². The SMILES string of the molecule is CC#CCON=Cc1c(O)ccc(Cl)c1F. The van der Waals surface area contributed by atoms with Crippen LogP contribution in [0.15, 0.2) is 17.3 Å². The molecule has 1 aromatic carbocycles. The molecule has 84 valence electrons. The Hall–Kier alpha value is -1.73. The molecule has 0 atom stereocenters. The van der Waals surface area contributed by atoms with E-state index < -0.39 is 5.82 Å². The molecule has 0 aromatic heterocycles. The molecule has 0 saturated carbocycles. The third-order valence-electron chi connectivity index (χ3n) is 1.68. The van der Waals surface area contributed by atoms with Gasteiger partial charge >= 0.3 is 0 Å². The van der Waals surface area contributed by atoms with Crippen LogP contribution in [0.4, 0.5) is 4.39 Å². The van der Waals surface area contributed by atoms with Crippen molar-refractivity contribution in [3.05, 3.63) is 28.5 Å². The van der Waals surface area contributed by atoms with Crippen LogP contribution in [0.2, 0.25) is 5.02 Å². The van der Waals surface area contributed by atoms with E-state index >= 15 is 0 Å². The highest BCUT2D eigenvalue weighted by Gasteiger charge is 2.09. The van der Waals surface area contributed by atoms with E-state index in [1.54, 1.807) is 6.92 Å². The predicted molar refractivity (Wildman–Crippen MR) is 60.1 cm³/mol. The minimum Gasteiger partial charge on any atom is -0.507 e. The molecular weight excluding hydrogens is 233 g/mol. The van der Waals surface area contributed by atoms with Gasteiger partial charge in [0.2, 0.25) is 0 Å². The molecule has 1 N–H and O–H groups in total. The van der Waals surface area contributed by atoms with E-state index in [1.165, 1.54) is 12.1 Å². The standard InChI is InChI=1S/C11H9ClFNO2/c1-2-3-6-16-14-7-8-10(15)5-4-9(12)11(8)13/h4-5,7,15H,6H2,1H3. The number of oxime groups is 1. The van der Waals surface area contributed by atoms with Crippen molar-refractivity contribution in [2.75, 3.05) is 6.61 Å². The van der Waals surface area contributed by atoms with Gasteiger partial charge in [0.05, 0.1) is 16.8 Å². The molecule has 1 aromatic rings. The van der Waals surface area contributed by atoms with E-state index in [0.717, 1.165) is 6.21 Å². The summed E-state index contributed by atoms with van der Waals surface area (Å²) in [5.74, 6) is 4.22. The highest BCUT2D eigenvalue weighted by atomic mass is 35.5. The van der Waals surface area contributed by atoms with Crippen LogP contribution >= 0.6 is 11.6 Å². The van der Waals surface area contributed by atoms with Gasteiger partial charge in [0.25, 0.3) is 0 Å². The first-order valence-corrected chi connectivity index (χ1v) is 4.76. The Bertz CT molecular complexity index is 463. The van der Waals surface area contributed by atoms with E-state index in [9.17, 15) is 9.50 Å². The molecule has 1 rings (SSSR count). The highest BCUT2D eigenvalue weighted by Crippen LogP contribution is 2.24. The zero-order chi connectivity index (χ0) is 12.0. The van der Waals surface area contributed by atoms with Gasteiger partial charge < -0.3 is 9.94 Å². The van der Waals surface area contributed by atoms with E-state index in [-0.39, 0.29) is 22.9 Å². The van der Waals surface area contributed by atoms with Gasteiger partial charge in [0, 0.05) is 0 Å². The molecule has 0 heterocycles. The third kappa shape index (κ3) is 3.14. The van der Waals surface area contributed by atoms with Crippen molar-refractivity contribution in [1.82, 2.24) is 0 Å². The quantitative estimate of drug-likeness (QED) is 0.382.